The van der Waals surface area contributed by atoms with E-state index in [4.69, 9.17) is 5.11 Å². The molecule has 0 radical (unpaired) electrons. The number of carboxylic acids is 1. The van der Waals surface area contributed by atoms with Crippen LogP contribution in [0.5, 0.6) is 0 Å². The van der Waals surface area contributed by atoms with E-state index in [1.165, 1.54) is 24.2 Å². The molecular weight excluding hydrogens is 471 g/mol. The molecule has 3 N–H and O–H groups in total. The zero-order valence-electron chi connectivity index (χ0n) is 20.5. The molecule has 2 aromatic rings. The second-order valence-electron chi connectivity index (χ2n) is 10.1. The van der Waals surface area contributed by atoms with E-state index in [0.717, 1.165) is 35.7 Å². The smallest absolute Gasteiger partial charge is 0.303 e. The van der Waals surface area contributed by atoms with Gasteiger partial charge in [0.1, 0.15) is 5.82 Å². The van der Waals surface area contributed by atoms with Crippen LogP contribution in [0.4, 0.5) is 4.39 Å². The van der Waals surface area contributed by atoms with Gasteiger partial charge in [-0.2, -0.15) is 4.31 Å². The number of hydrogen-bond acceptors (Lipinski definition) is 5. The number of aliphatic hydroxyl groups excluding tert-OH is 1. The lowest BCUT2D eigenvalue weighted by Gasteiger charge is -2.31. The predicted octanol–water partition coefficient (Wildman–Crippen LogP) is 3.00. The van der Waals surface area contributed by atoms with E-state index in [9.17, 15) is 22.7 Å². The molecule has 1 unspecified atom stereocenters. The summed E-state index contributed by atoms with van der Waals surface area (Å²) in [5.41, 5.74) is 2.83. The Bertz CT molecular complexity index is 1130. The second kappa shape index (κ2) is 11.2. The van der Waals surface area contributed by atoms with E-state index in [-0.39, 0.29) is 41.9 Å². The Morgan fingerprint density at radius 1 is 1.20 bits per heavy atom. The average molecular weight is 507 g/mol. The summed E-state index contributed by atoms with van der Waals surface area (Å²) in [6.07, 6.45) is 1.82. The number of β-amino-alcohol motifs (C(OH)–C–C–N with tert-alkyl or cyclic N) is 1. The van der Waals surface area contributed by atoms with Gasteiger partial charge in [-0.15, -0.1) is 0 Å². The van der Waals surface area contributed by atoms with Gasteiger partial charge in [0, 0.05) is 32.1 Å². The molecule has 9 heteroatoms. The Balaban J connectivity index is 1.54. The molecule has 0 saturated carbocycles. The maximum Gasteiger partial charge on any atom is 0.303 e. The summed E-state index contributed by atoms with van der Waals surface area (Å²) in [5, 5.41) is 22.7. The number of aryl methyl sites for hydroxylation is 1. The molecule has 1 aliphatic rings. The van der Waals surface area contributed by atoms with Crippen LogP contribution in [-0.4, -0.2) is 60.7 Å². The van der Waals surface area contributed by atoms with Crippen LogP contribution < -0.4 is 5.32 Å². The number of rotatable bonds is 12. The number of likely N-dealkylation sites (N-methyl/N-ethyl adjacent to an activating group) is 1. The average Bonchev–Trinajstić information content (AvgIpc) is 3.17. The summed E-state index contributed by atoms with van der Waals surface area (Å²) < 4.78 is 40.9. The van der Waals surface area contributed by atoms with Crippen molar-refractivity contribution in [2.75, 3.05) is 20.1 Å². The predicted molar refractivity (Wildman–Crippen MR) is 132 cm³/mol. The van der Waals surface area contributed by atoms with E-state index in [1.807, 2.05) is 0 Å². The molecule has 2 aromatic carbocycles. The quantitative estimate of drug-likeness (QED) is 0.409. The number of hydrogen-bond donors (Lipinski definition) is 3. The van der Waals surface area contributed by atoms with Gasteiger partial charge < -0.3 is 15.5 Å². The molecule has 0 bridgehead atoms. The fraction of sp³-hybridized carbons (Fsp3) is 0.500. The lowest BCUT2D eigenvalue weighted by molar-refractivity contribution is -0.136. The molecule has 0 aliphatic heterocycles. The molecule has 1 atom stereocenters. The molecule has 0 aromatic heterocycles. The summed E-state index contributed by atoms with van der Waals surface area (Å²) in [6, 6.07) is 11.8. The zero-order valence-corrected chi connectivity index (χ0v) is 21.3. The molecule has 0 spiro atoms. The number of benzene rings is 2. The van der Waals surface area contributed by atoms with Crippen molar-refractivity contribution in [1.29, 1.82) is 0 Å². The highest BCUT2D eigenvalue weighted by Crippen LogP contribution is 2.31. The van der Waals surface area contributed by atoms with Gasteiger partial charge in [-0.3, -0.25) is 4.79 Å². The first-order chi connectivity index (χ1) is 16.4. The van der Waals surface area contributed by atoms with Crippen molar-refractivity contribution in [3.8, 4) is 0 Å². The summed E-state index contributed by atoms with van der Waals surface area (Å²) in [4.78, 5) is 10.5. The third-order valence-electron chi connectivity index (χ3n) is 6.49. The standard InChI is InChI=1S/C26H35FN2O5S/c1-26(2,15-19-10-20-6-4-5-7-21(20)11-19)28-16-23(30)17-29(3)35(33,34)24-13-18(8-9-25(31)32)12-22(27)14-24/h4-7,12-14,19,23,28,30H,8-11,15-17H2,1-3H3,(H,31,32). The molecule has 7 nitrogen and oxygen atoms in total. The van der Waals surface area contributed by atoms with Crippen molar-refractivity contribution in [2.45, 2.75) is 62.5 Å². The van der Waals surface area contributed by atoms with Gasteiger partial charge in [0.05, 0.1) is 11.0 Å². The number of carbonyl (C=O) groups is 1. The number of sulfonamides is 1. The number of carboxylic acid groups (broad SMARTS) is 1. The first-order valence-corrected chi connectivity index (χ1v) is 13.3. The maximum atomic E-state index is 14.0. The molecule has 0 heterocycles. The van der Waals surface area contributed by atoms with Crippen LogP contribution in [0.3, 0.4) is 0 Å². The molecule has 0 fully saturated rings. The summed E-state index contributed by atoms with van der Waals surface area (Å²) in [6.45, 7) is 4.20. The van der Waals surface area contributed by atoms with Crippen LogP contribution in [0.2, 0.25) is 0 Å². The number of aliphatic carboxylic acids is 1. The number of nitrogens with one attached hydrogen (secondary N) is 1. The van der Waals surface area contributed by atoms with Crippen molar-refractivity contribution in [1.82, 2.24) is 9.62 Å². The Morgan fingerprint density at radius 3 is 2.43 bits per heavy atom. The number of halogens is 1. The van der Waals surface area contributed by atoms with Gasteiger partial charge in [-0.25, -0.2) is 12.8 Å². The minimum absolute atomic E-state index is 0.0209. The fourth-order valence-corrected chi connectivity index (χ4v) is 6.08. The van der Waals surface area contributed by atoms with E-state index in [1.54, 1.807) is 0 Å². The lowest BCUT2D eigenvalue weighted by atomic mass is 9.88. The van der Waals surface area contributed by atoms with Crippen LogP contribution in [-0.2, 0) is 34.1 Å². The van der Waals surface area contributed by atoms with E-state index < -0.39 is 27.9 Å². The van der Waals surface area contributed by atoms with Crippen LogP contribution in [0.1, 0.15) is 43.4 Å². The van der Waals surface area contributed by atoms with Crippen molar-refractivity contribution in [3.63, 3.8) is 0 Å². The van der Waals surface area contributed by atoms with Crippen LogP contribution in [0.15, 0.2) is 47.4 Å². The first-order valence-electron chi connectivity index (χ1n) is 11.8. The minimum Gasteiger partial charge on any atom is -0.481 e. The monoisotopic (exact) mass is 506 g/mol. The lowest BCUT2D eigenvalue weighted by Crippen LogP contribution is -2.47. The van der Waals surface area contributed by atoms with Crippen LogP contribution >= 0.6 is 0 Å². The van der Waals surface area contributed by atoms with Gasteiger partial charge in [-0.05, 0) is 80.3 Å². The van der Waals surface area contributed by atoms with E-state index >= 15 is 0 Å². The summed E-state index contributed by atoms with van der Waals surface area (Å²) in [7, 11) is -2.73. The van der Waals surface area contributed by atoms with Crippen LogP contribution in [0.25, 0.3) is 0 Å². The van der Waals surface area contributed by atoms with Crippen molar-refractivity contribution < 1.29 is 27.8 Å². The molecule has 35 heavy (non-hydrogen) atoms. The molecule has 0 amide bonds. The fourth-order valence-electron chi connectivity index (χ4n) is 4.79. The van der Waals surface area contributed by atoms with Gasteiger partial charge in [0.25, 0.3) is 0 Å². The second-order valence-corrected chi connectivity index (χ2v) is 12.2. The Morgan fingerprint density at radius 2 is 1.83 bits per heavy atom. The normalized spacial score (nSPS) is 15.4. The Kier molecular flexibility index (Phi) is 8.69. The van der Waals surface area contributed by atoms with Gasteiger partial charge in [-0.1, -0.05) is 24.3 Å². The SMILES string of the molecule is CN(CC(O)CNC(C)(C)CC1Cc2ccccc2C1)S(=O)(=O)c1cc(F)cc(CCC(=O)O)c1. The highest BCUT2D eigenvalue weighted by Gasteiger charge is 2.29. The number of nitrogens with zero attached hydrogens (tertiary/aromatic N) is 1. The third kappa shape index (κ3) is 7.57. The first kappa shape index (κ1) is 27.3. The molecule has 0 saturated heterocycles. The third-order valence-corrected chi connectivity index (χ3v) is 8.29. The topological polar surface area (TPSA) is 107 Å². The van der Waals surface area contributed by atoms with Crippen molar-refractivity contribution in [3.05, 3.63) is 65.0 Å². The van der Waals surface area contributed by atoms with Crippen molar-refractivity contribution >= 4 is 16.0 Å². The van der Waals surface area contributed by atoms with E-state index in [0.29, 0.717) is 5.92 Å². The summed E-state index contributed by atoms with van der Waals surface area (Å²) in [5.74, 6) is -1.29. The Labute approximate surface area is 207 Å². The highest BCUT2D eigenvalue weighted by molar-refractivity contribution is 7.89. The van der Waals surface area contributed by atoms with Gasteiger partial charge in [0.15, 0.2) is 0 Å². The highest BCUT2D eigenvalue weighted by atomic mass is 32.2. The number of aliphatic hydroxyl groups is 1. The maximum absolute atomic E-state index is 14.0. The summed E-state index contributed by atoms with van der Waals surface area (Å²) >= 11 is 0. The Hall–Kier alpha value is -2.33. The van der Waals surface area contributed by atoms with Crippen molar-refractivity contribution in [2.24, 2.45) is 5.92 Å². The minimum atomic E-state index is -4.06. The zero-order chi connectivity index (χ0) is 25.8. The largest absolute Gasteiger partial charge is 0.481 e. The molecule has 1 aliphatic carbocycles. The number of fused-ring (bicyclic) bond motifs is 1. The molecule has 192 valence electrons. The van der Waals surface area contributed by atoms with Gasteiger partial charge in [0.2, 0.25) is 10.0 Å². The van der Waals surface area contributed by atoms with Crippen LogP contribution in [0, 0.1) is 11.7 Å². The molecule has 3 rings (SSSR count). The molecular formula is C26H35FN2O5S. The van der Waals surface area contributed by atoms with Gasteiger partial charge >= 0.3 is 5.97 Å². The van der Waals surface area contributed by atoms with E-state index in [2.05, 4.69) is 43.4 Å².